The summed E-state index contributed by atoms with van der Waals surface area (Å²) in [6.07, 6.45) is 0.918. The fourth-order valence-electron chi connectivity index (χ4n) is 2.50. The first kappa shape index (κ1) is 10.4. The SMILES string of the molecule is C=C1c2cc(Br)ccc2OC2(C)CCOC12. The predicted octanol–water partition coefficient (Wildman–Crippen LogP) is 3.40. The minimum atomic E-state index is -0.238. The van der Waals surface area contributed by atoms with Crippen molar-refractivity contribution in [3.63, 3.8) is 0 Å². The first-order valence-electron chi connectivity index (χ1n) is 5.39. The molecule has 16 heavy (non-hydrogen) atoms. The van der Waals surface area contributed by atoms with Gasteiger partial charge in [-0.25, -0.2) is 0 Å². The molecule has 2 aliphatic rings. The highest BCUT2D eigenvalue weighted by Gasteiger charge is 2.47. The monoisotopic (exact) mass is 280 g/mol. The molecule has 1 fully saturated rings. The van der Waals surface area contributed by atoms with Crippen molar-refractivity contribution in [1.82, 2.24) is 0 Å². The summed E-state index contributed by atoms with van der Waals surface area (Å²) in [5.41, 5.74) is 1.85. The first-order chi connectivity index (χ1) is 7.60. The highest BCUT2D eigenvalue weighted by molar-refractivity contribution is 9.10. The van der Waals surface area contributed by atoms with Gasteiger partial charge in [0.25, 0.3) is 0 Å². The summed E-state index contributed by atoms with van der Waals surface area (Å²) in [7, 11) is 0. The summed E-state index contributed by atoms with van der Waals surface area (Å²) in [5, 5.41) is 0. The van der Waals surface area contributed by atoms with Crippen molar-refractivity contribution in [2.45, 2.75) is 25.0 Å². The lowest BCUT2D eigenvalue weighted by molar-refractivity contribution is 0.0197. The molecule has 1 saturated heterocycles. The summed E-state index contributed by atoms with van der Waals surface area (Å²) in [4.78, 5) is 0. The molecule has 2 unspecified atom stereocenters. The zero-order chi connectivity index (χ0) is 11.3. The van der Waals surface area contributed by atoms with E-state index in [9.17, 15) is 0 Å². The molecule has 3 rings (SSSR count). The third-order valence-electron chi connectivity index (χ3n) is 3.38. The molecule has 1 aromatic rings. The van der Waals surface area contributed by atoms with Crippen LogP contribution >= 0.6 is 15.9 Å². The van der Waals surface area contributed by atoms with Gasteiger partial charge in [-0.3, -0.25) is 0 Å². The Bertz CT molecular complexity index is 469. The second-order valence-corrected chi connectivity index (χ2v) is 5.50. The smallest absolute Gasteiger partial charge is 0.139 e. The maximum atomic E-state index is 6.06. The first-order valence-corrected chi connectivity index (χ1v) is 6.19. The van der Waals surface area contributed by atoms with Gasteiger partial charge in [-0.05, 0) is 30.7 Å². The summed E-state index contributed by atoms with van der Waals surface area (Å²) in [6.45, 7) is 7.00. The van der Waals surface area contributed by atoms with Gasteiger partial charge in [-0.2, -0.15) is 0 Å². The van der Waals surface area contributed by atoms with E-state index in [2.05, 4.69) is 29.4 Å². The van der Waals surface area contributed by atoms with Crippen LogP contribution in [0.1, 0.15) is 18.9 Å². The minimum absolute atomic E-state index is 0.00528. The molecule has 0 saturated carbocycles. The fraction of sp³-hybridized carbons (Fsp3) is 0.385. The van der Waals surface area contributed by atoms with Gasteiger partial charge < -0.3 is 9.47 Å². The summed E-state index contributed by atoms with van der Waals surface area (Å²) in [5.74, 6) is 0.914. The van der Waals surface area contributed by atoms with Gasteiger partial charge in [0.05, 0.1) is 6.61 Å². The maximum absolute atomic E-state index is 6.06. The predicted molar refractivity (Wildman–Crippen MR) is 66.6 cm³/mol. The van der Waals surface area contributed by atoms with Crippen molar-refractivity contribution in [3.05, 3.63) is 34.8 Å². The molecule has 0 radical (unpaired) electrons. The second kappa shape index (κ2) is 3.34. The topological polar surface area (TPSA) is 18.5 Å². The number of benzene rings is 1. The van der Waals surface area contributed by atoms with Crippen molar-refractivity contribution in [3.8, 4) is 5.75 Å². The second-order valence-electron chi connectivity index (χ2n) is 4.58. The van der Waals surface area contributed by atoms with Crippen LogP contribution in [0.25, 0.3) is 5.57 Å². The van der Waals surface area contributed by atoms with E-state index in [1.54, 1.807) is 0 Å². The molecule has 2 atom stereocenters. The average Bonchev–Trinajstić information content (AvgIpc) is 2.62. The van der Waals surface area contributed by atoms with Crippen LogP contribution in [0.5, 0.6) is 5.75 Å². The van der Waals surface area contributed by atoms with Crippen LogP contribution in [-0.2, 0) is 4.74 Å². The lowest BCUT2D eigenvalue weighted by Crippen LogP contribution is -2.44. The normalized spacial score (nSPS) is 31.9. The van der Waals surface area contributed by atoms with E-state index in [1.165, 1.54) is 0 Å². The molecule has 0 N–H and O–H groups in total. The molecule has 2 nitrogen and oxygen atoms in total. The Hall–Kier alpha value is -0.800. The van der Waals surface area contributed by atoms with E-state index in [0.29, 0.717) is 0 Å². The lowest BCUT2D eigenvalue weighted by Gasteiger charge is -2.38. The Morgan fingerprint density at radius 3 is 3.12 bits per heavy atom. The van der Waals surface area contributed by atoms with E-state index in [-0.39, 0.29) is 11.7 Å². The number of rotatable bonds is 0. The van der Waals surface area contributed by atoms with Gasteiger partial charge in [0.2, 0.25) is 0 Å². The van der Waals surface area contributed by atoms with Crippen molar-refractivity contribution in [1.29, 1.82) is 0 Å². The van der Waals surface area contributed by atoms with Gasteiger partial charge in [-0.15, -0.1) is 0 Å². The lowest BCUT2D eigenvalue weighted by atomic mass is 9.86. The summed E-state index contributed by atoms with van der Waals surface area (Å²) < 4.78 is 12.8. The van der Waals surface area contributed by atoms with E-state index >= 15 is 0 Å². The molecule has 2 aliphatic heterocycles. The van der Waals surface area contributed by atoms with Crippen molar-refractivity contribution in [2.24, 2.45) is 0 Å². The Morgan fingerprint density at radius 1 is 1.50 bits per heavy atom. The van der Waals surface area contributed by atoms with Crippen LogP contribution in [-0.4, -0.2) is 18.3 Å². The minimum Gasteiger partial charge on any atom is -0.484 e. The zero-order valence-electron chi connectivity index (χ0n) is 9.13. The van der Waals surface area contributed by atoms with E-state index in [1.807, 2.05) is 18.2 Å². The van der Waals surface area contributed by atoms with Gasteiger partial charge in [0.15, 0.2) is 0 Å². The number of ether oxygens (including phenoxy) is 2. The van der Waals surface area contributed by atoms with Crippen molar-refractivity contribution < 1.29 is 9.47 Å². The summed E-state index contributed by atoms with van der Waals surface area (Å²) >= 11 is 3.47. The van der Waals surface area contributed by atoms with Gasteiger partial charge in [0.1, 0.15) is 17.5 Å². The standard InChI is InChI=1S/C13H13BrO2/c1-8-10-7-9(14)3-4-11(10)16-13(2)5-6-15-12(8)13/h3-4,7,12H,1,5-6H2,2H3. The number of fused-ring (bicyclic) bond motifs is 2. The molecular formula is C13H13BrO2. The van der Waals surface area contributed by atoms with Crippen LogP contribution < -0.4 is 4.74 Å². The van der Waals surface area contributed by atoms with Gasteiger partial charge in [0, 0.05) is 16.5 Å². The molecule has 3 heteroatoms. The largest absolute Gasteiger partial charge is 0.484 e. The number of hydrogen-bond acceptors (Lipinski definition) is 2. The van der Waals surface area contributed by atoms with E-state index in [0.717, 1.165) is 34.4 Å². The van der Waals surface area contributed by atoms with Crippen LogP contribution in [0.2, 0.25) is 0 Å². The molecule has 0 aliphatic carbocycles. The molecule has 0 amide bonds. The Kier molecular flexibility index (Phi) is 2.17. The highest BCUT2D eigenvalue weighted by atomic mass is 79.9. The molecule has 0 aromatic heterocycles. The van der Waals surface area contributed by atoms with Crippen molar-refractivity contribution >= 4 is 21.5 Å². The molecule has 84 valence electrons. The Balaban J connectivity index is 2.13. The third kappa shape index (κ3) is 1.35. The Labute approximate surface area is 103 Å². The number of halogens is 1. The summed E-state index contributed by atoms with van der Waals surface area (Å²) in [6, 6.07) is 6.02. The highest BCUT2D eigenvalue weighted by Crippen LogP contribution is 2.46. The molecule has 2 heterocycles. The number of hydrogen-bond donors (Lipinski definition) is 0. The van der Waals surface area contributed by atoms with Crippen LogP contribution in [0.4, 0.5) is 0 Å². The quantitative estimate of drug-likeness (QED) is 0.725. The fourth-order valence-corrected chi connectivity index (χ4v) is 2.86. The van der Waals surface area contributed by atoms with Gasteiger partial charge in [-0.1, -0.05) is 22.5 Å². The Morgan fingerprint density at radius 2 is 2.31 bits per heavy atom. The van der Waals surface area contributed by atoms with Crippen molar-refractivity contribution in [2.75, 3.05) is 6.61 Å². The van der Waals surface area contributed by atoms with Crippen LogP contribution in [0.3, 0.4) is 0 Å². The molecule has 1 aromatic carbocycles. The van der Waals surface area contributed by atoms with E-state index < -0.39 is 0 Å². The van der Waals surface area contributed by atoms with Gasteiger partial charge >= 0.3 is 0 Å². The van der Waals surface area contributed by atoms with E-state index in [4.69, 9.17) is 9.47 Å². The zero-order valence-corrected chi connectivity index (χ0v) is 10.7. The maximum Gasteiger partial charge on any atom is 0.139 e. The molecule has 0 bridgehead atoms. The average molecular weight is 281 g/mol. The molecular weight excluding hydrogens is 268 g/mol. The van der Waals surface area contributed by atoms with Crippen LogP contribution in [0, 0.1) is 0 Å². The van der Waals surface area contributed by atoms with Crippen LogP contribution in [0.15, 0.2) is 29.3 Å². The third-order valence-corrected chi connectivity index (χ3v) is 3.88. The molecule has 0 spiro atoms.